The number of rotatable bonds is 1. The van der Waals surface area contributed by atoms with E-state index < -0.39 is 0 Å². The normalized spacial score (nSPS) is 10.1. The van der Waals surface area contributed by atoms with E-state index in [-0.39, 0.29) is 5.95 Å². The van der Waals surface area contributed by atoms with Gasteiger partial charge in [0.05, 0.1) is 0 Å². The topological polar surface area (TPSA) is 51.8 Å². The fourth-order valence-electron chi connectivity index (χ4n) is 1.17. The summed E-state index contributed by atoms with van der Waals surface area (Å²) in [7, 11) is 0. The molecule has 0 radical (unpaired) electrons. The molecule has 0 aliphatic carbocycles. The Morgan fingerprint density at radius 1 is 1.07 bits per heavy atom. The second-order valence-corrected chi connectivity index (χ2v) is 3.40. The van der Waals surface area contributed by atoms with Crippen molar-refractivity contribution in [2.24, 2.45) is 0 Å². The Balaban J connectivity index is 2.44. The molecule has 0 atom stereocenters. The average Bonchev–Trinajstić information content (AvgIpc) is 2.19. The van der Waals surface area contributed by atoms with Crippen molar-refractivity contribution in [2.75, 3.05) is 5.73 Å². The molecule has 2 aromatic rings. The van der Waals surface area contributed by atoms with Crippen LogP contribution in [0.4, 0.5) is 5.95 Å². The Labute approximate surface area is 87.4 Å². The number of anilines is 1. The van der Waals surface area contributed by atoms with Crippen LogP contribution in [0.1, 0.15) is 0 Å². The number of nitrogens with two attached hydrogens (primary N) is 1. The summed E-state index contributed by atoms with van der Waals surface area (Å²) in [6, 6.07) is 7.80. The lowest BCUT2D eigenvalue weighted by Crippen LogP contribution is -1.93. The molecule has 4 heteroatoms. The molecule has 0 aliphatic rings. The van der Waals surface area contributed by atoms with E-state index in [4.69, 9.17) is 5.73 Å². The van der Waals surface area contributed by atoms with Gasteiger partial charge in [-0.1, -0.05) is 12.1 Å². The maximum Gasteiger partial charge on any atom is 0.219 e. The standard InChI is InChI=1S/C10H9N3S/c11-10-12-5-8(6-13-10)7-2-1-3-9(14)4-7/h1-6,14H,(H2,11,12,13). The molecule has 14 heavy (non-hydrogen) atoms. The molecule has 0 unspecified atom stereocenters. The van der Waals surface area contributed by atoms with Crippen molar-refractivity contribution >= 4 is 18.6 Å². The third-order valence-corrected chi connectivity index (χ3v) is 2.13. The zero-order chi connectivity index (χ0) is 9.97. The van der Waals surface area contributed by atoms with Gasteiger partial charge in [0.2, 0.25) is 5.95 Å². The highest BCUT2D eigenvalue weighted by atomic mass is 32.1. The van der Waals surface area contributed by atoms with E-state index in [1.54, 1.807) is 12.4 Å². The molecule has 0 fully saturated rings. The van der Waals surface area contributed by atoms with Crippen LogP contribution in [0.2, 0.25) is 0 Å². The quantitative estimate of drug-likeness (QED) is 0.697. The van der Waals surface area contributed by atoms with Crippen LogP contribution < -0.4 is 5.73 Å². The number of nitrogens with zero attached hydrogens (tertiary/aromatic N) is 2. The minimum atomic E-state index is 0.288. The fraction of sp³-hybridized carbons (Fsp3) is 0. The molecule has 2 N–H and O–H groups in total. The molecule has 0 saturated carbocycles. The van der Waals surface area contributed by atoms with Crippen LogP contribution in [0.15, 0.2) is 41.6 Å². The Morgan fingerprint density at radius 3 is 2.43 bits per heavy atom. The zero-order valence-corrected chi connectivity index (χ0v) is 8.28. The third-order valence-electron chi connectivity index (χ3n) is 1.85. The van der Waals surface area contributed by atoms with Gasteiger partial charge >= 0.3 is 0 Å². The molecule has 0 spiro atoms. The second-order valence-electron chi connectivity index (χ2n) is 2.88. The second kappa shape index (κ2) is 3.67. The maximum atomic E-state index is 5.40. The summed E-state index contributed by atoms with van der Waals surface area (Å²) in [6.45, 7) is 0. The maximum absolute atomic E-state index is 5.40. The Hall–Kier alpha value is -1.55. The van der Waals surface area contributed by atoms with Gasteiger partial charge in [-0.2, -0.15) is 0 Å². The highest BCUT2D eigenvalue weighted by molar-refractivity contribution is 7.80. The van der Waals surface area contributed by atoms with Crippen LogP contribution in [0.5, 0.6) is 0 Å². The molecule has 2 rings (SSSR count). The van der Waals surface area contributed by atoms with Crippen molar-refractivity contribution < 1.29 is 0 Å². The average molecular weight is 203 g/mol. The van der Waals surface area contributed by atoms with Crippen LogP contribution in [0.3, 0.4) is 0 Å². The molecule has 70 valence electrons. The van der Waals surface area contributed by atoms with Gasteiger partial charge < -0.3 is 5.73 Å². The van der Waals surface area contributed by atoms with Crippen LogP contribution in [-0.2, 0) is 0 Å². The van der Waals surface area contributed by atoms with E-state index in [2.05, 4.69) is 22.6 Å². The SMILES string of the molecule is Nc1ncc(-c2cccc(S)c2)cn1. The Morgan fingerprint density at radius 2 is 1.79 bits per heavy atom. The van der Waals surface area contributed by atoms with E-state index in [1.165, 1.54) is 0 Å². The van der Waals surface area contributed by atoms with Crippen LogP contribution in [0.25, 0.3) is 11.1 Å². The summed E-state index contributed by atoms with van der Waals surface area (Å²) in [5.74, 6) is 0.288. The monoisotopic (exact) mass is 203 g/mol. The van der Waals surface area contributed by atoms with Gasteiger partial charge in [0.15, 0.2) is 0 Å². The summed E-state index contributed by atoms with van der Waals surface area (Å²) in [5, 5.41) is 0. The molecule has 0 amide bonds. The zero-order valence-electron chi connectivity index (χ0n) is 7.38. The van der Waals surface area contributed by atoms with Crippen molar-refractivity contribution in [2.45, 2.75) is 4.90 Å². The van der Waals surface area contributed by atoms with Crippen molar-refractivity contribution in [3.05, 3.63) is 36.7 Å². The number of aromatic nitrogens is 2. The van der Waals surface area contributed by atoms with E-state index in [9.17, 15) is 0 Å². The first-order chi connectivity index (χ1) is 6.75. The molecule has 1 aromatic carbocycles. The van der Waals surface area contributed by atoms with E-state index in [0.29, 0.717) is 0 Å². The molecule has 0 aliphatic heterocycles. The van der Waals surface area contributed by atoms with Crippen LogP contribution >= 0.6 is 12.6 Å². The first kappa shape index (κ1) is 9.02. The molecule has 1 heterocycles. The number of hydrogen-bond acceptors (Lipinski definition) is 4. The van der Waals surface area contributed by atoms with Gasteiger partial charge in [0.1, 0.15) is 0 Å². The van der Waals surface area contributed by atoms with E-state index in [1.807, 2.05) is 24.3 Å². The summed E-state index contributed by atoms with van der Waals surface area (Å²) < 4.78 is 0. The molecule has 0 saturated heterocycles. The fourth-order valence-corrected chi connectivity index (χ4v) is 1.40. The van der Waals surface area contributed by atoms with Crippen molar-refractivity contribution in [1.29, 1.82) is 0 Å². The number of thiol groups is 1. The first-order valence-corrected chi connectivity index (χ1v) is 4.57. The molecule has 0 bridgehead atoms. The largest absolute Gasteiger partial charge is 0.368 e. The highest BCUT2D eigenvalue weighted by Crippen LogP contribution is 2.20. The van der Waals surface area contributed by atoms with Crippen molar-refractivity contribution in [3.8, 4) is 11.1 Å². The predicted molar refractivity (Wildman–Crippen MR) is 59.1 cm³/mol. The van der Waals surface area contributed by atoms with E-state index in [0.717, 1.165) is 16.0 Å². The summed E-state index contributed by atoms with van der Waals surface area (Å²) >= 11 is 4.26. The minimum Gasteiger partial charge on any atom is -0.368 e. The third kappa shape index (κ3) is 1.85. The number of benzene rings is 1. The number of nitrogen functional groups attached to an aromatic ring is 1. The van der Waals surface area contributed by atoms with Gasteiger partial charge in [-0.3, -0.25) is 0 Å². The first-order valence-electron chi connectivity index (χ1n) is 4.12. The lowest BCUT2D eigenvalue weighted by molar-refractivity contribution is 1.19. The van der Waals surface area contributed by atoms with Gasteiger partial charge in [-0.25, -0.2) is 9.97 Å². The Bertz CT molecular complexity index is 439. The molecule has 1 aromatic heterocycles. The highest BCUT2D eigenvalue weighted by Gasteiger charge is 1.98. The smallest absolute Gasteiger partial charge is 0.219 e. The predicted octanol–water partition coefficient (Wildman–Crippen LogP) is 2.01. The summed E-state index contributed by atoms with van der Waals surface area (Å²) in [6.07, 6.45) is 3.40. The van der Waals surface area contributed by atoms with Gasteiger partial charge in [0.25, 0.3) is 0 Å². The van der Waals surface area contributed by atoms with Gasteiger partial charge in [-0.05, 0) is 17.7 Å². The van der Waals surface area contributed by atoms with Gasteiger partial charge in [0, 0.05) is 22.9 Å². The molecular formula is C10H9N3S. The van der Waals surface area contributed by atoms with Crippen LogP contribution in [-0.4, -0.2) is 9.97 Å². The lowest BCUT2D eigenvalue weighted by Gasteiger charge is -2.01. The lowest BCUT2D eigenvalue weighted by atomic mass is 10.1. The molecular weight excluding hydrogens is 194 g/mol. The van der Waals surface area contributed by atoms with E-state index >= 15 is 0 Å². The summed E-state index contributed by atoms with van der Waals surface area (Å²) in [5.41, 5.74) is 7.38. The van der Waals surface area contributed by atoms with Gasteiger partial charge in [-0.15, -0.1) is 12.6 Å². The minimum absolute atomic E-state index is 0.288. The number of hydrogen-bond donors (Lipinski definition) is 2. The molecule has 3 nitrogen and oxygen atoms in total. The van der Waals surface area contributed by atoms with Crippen molar-refractivity contribution in [1.82, 2.24) is 9.97 Å². The van der Waals surface area contributed by atoms with Crippen molar-refractivity contribution in [3.63, 3.8) is 0 Å². The Kier molecular flexibility index (Phi) is 2.37. The summed E-state index contributed by atoms with van der Waals surface area (Å²) in [4.78, 5) is 8.77. The van der Waals surface area contributed by atoms with Crippen LogP contribution in [0, 0.1) is 0 Å².